The van der Waals surface area contributed by atoms with Crippen molar-refractivity contribution < 1.29 is 18.0 Å². The van der Waals surface area contributed by atoms with Crippen molar-refractivity contribution in [1.29, 1.82) is 0 Å². The Morgan fingerprint density at radius 3 is 2.76 bits per heavy atom. The Kier molecular flexibility index (Phi) is 8.58. The Labute approximate surface area is 224 Å². The molecule has 1 fully saturated rings. The number of nitrogens with zero attached hydrogens (tertiary/aromatic N) is 1. The van der Waals surface area contributed by atoms with E-state index in [2.05, 4.69) is 28.8 Å². The van der Waals surface area contributed by atoms with Crippen LogP contribution in [-0.2, 0) is 32.5 Å². The highest BCUT2D eigenvalue weighted by Gasteiger charge is 2.40. The van der Waals surface area contributed by atoms with E-state index in [0.29, 0.717) is 22.7 Å². The fourth-order valence-corrected chi connectivity index (χ4v) is 7.34. The van der Waals surface area contributed by atoms with E-state index in [1.165, 1.54) is 17.2 Å². The highest BCUT2D eigenvalue weighted by Crippen LogP contribution is 2.32. The van der Waals surface area contributed by atoms with Crippen molar-refractivity contribution in [2.45, 2.75) is 69.4 Å². The molecule has 1 heterocycles. The SMILES string of the molecule is Cc1cc(S(=O)(=O)N2CCNC(=O)[C@H]2CC(=O)N[C@@H]2CCCc3cc(CCCN)ccc32)c(C)cc1Cl. The number of carbonyl (C=O) groups excluding carboxylic acids is 2. The van der Waals surface area contributed by atoms with Gasteiger partial charge in [0.2, 0.25) is 21.8 Å². The molecule has 1 aliphatic carbocycles. The van der Waals surface area contributed by atoms with Crippen molar-refractivity contribution in [3.8, 4) is 0 Å². The summed E-state index contributed by atoms with van der Waals surface area (Å²) in [7, 11) is -4.03. The number of nitrogens with two attached hydrogens (primary N) is 1. The Hall–Kier alpha value is -2.46. The van der Waals surface area contributed by atoms with Crippen LogP contribution in [0.1, 0.15) is 59.5 Å². The number of nitrogens with one attached hydrogen (secondary N) is 2. The number of amides is 2. The summed E-state index contributed by atoms with van der Waals surface area (Å²) < 4.78 is 28.4. The summed E-state index contributed by atoms with van der Waals surface area (Å²) in [4.78, 5) is 26.1. The van der Waals surface area contributed by atoms with E-state index in [0.717, 1.165) is 42.0 Å². The smallest absolute Gasteiger partial charge is 0.244 e. The highest BCUT2D eigenvalue weighted by molar-refractivity contribution is 7.89. The molecule has 0 radical (unpaired) electrons. The number of hydrogen-bond acceptors (Lipinski definition) is 5. The minimum atomic E-state index is -4.03. The first-order valence-corrected chi connectivity index (χ1v) is 14.6. The van der Waals surface area contributed by atoms with E-state index in [-0.39, 0.29) is 36.4 Å². The zero-order valence-electron chi connectivity index (χ0n) is 21.3. The fourth-order valence-electron chi connectivity index (χ4n) is 5.24. The summed E-state index contributed by atoms with van der Waals surface area (Å²) in [6, 6.07) is 8.19. The first kappa shape index (κ1) is 27.6. The maximum absolute atomic E-state index is 13.6. The second-order valence-electron chi connectivity index (χ2n) is 9.93. The van der Waals surface area contributed by atoms with Crippen LogP contribution in [-0.4, -0.2) is 50.2 Å². The van der Waals surface area contributed by atoms with Crippen molar-refractivity contribution in [2.24, 2.45) is 5.73 Å². The zero-order chi connectivity index (χ0) is 26.7. The van der Waals surface area contributed by atoms with Crippen LogP contribution < -0.4 is 16.4 Å². The number of aryl methyl sites for hydroxylation is 4. The predicted molar refractivity (Wildman–Crippen MR) is 144 cm³/mol. The summed E-state index contributed by atoms with van der Waals surface area (Å²) in [5.74, 6) is -0.821. The van der Waals surface area contributed by atoms with Gasteiger partial charge in [-0.2, -0.15) is 4.31 Å². The highest BCUT2D eigenvalue weighted by atomic mass is 35.5. The summed E-state index contributed by atoms with van der Waals surface area (Å²) in [5.41, 5.74) is 10.3. The van der Waals surface area contributed by atoms with Gasteiger partial charge in [-0.15, -0.1) is 0 Å². The molecular weight excluding hydrogens is 512 g/mol. The average molecular weight is 547 g/mol. The number of sulfonamides is 1. The maximum Gasteiger partial charge on any atom is 0.244 e. The Balaban J connectivity index is 1.52. The van der Waals surface area contributed by atoms with Crippen LogP contribution in [0.5, 0.6) is 0 Å². The molecule has 4 rings (SSSR count). The molecule has 1 aliphatic heterocycles. The van der Waals surface area contributed by atoms with Gasteiger partial charge in [0.05, 0.1) is 17.4 Å². The van der Waals surface area contributed by atoms with Gasteiger partial charge in [0.15, 0.2) is 0 Å². The minimum absolute atomic E-state index is 0.0883. The molecule has 0 spiro atoms. The van der Waals surface area contributed by atoms with Gasteiger partial charge in [0, 0.05) is 18.1 Å². The van der Waals surface area contributed by atoms with Gasteiger partial charge in [-0.1, -0.05) is 29.8 Å². The number of hydrogen-bond donors (Lipinski definition) is 3. The predicted octanol–water partition coefficient (Wildman–Crippen LogP) is 2.92. The van der Waals surface area contributed by atoms with Crippen molar-refractivity contribution in [3.63, 3.8) is 0 Å². The molecule has 200 valence electrons. The summed E-state index contributed by atoms with van der Waals surface area (Å²) in [6.07, 6.45) is 4.29. The minimum Gasteiger partial charge on any atom is -0.353 e. The van der Waals surface area contributed by atoms with E-state index < -0.39 is 22.0 Å². The Morgan fingerprint density at radius 1 is 1.22 bits per heavy atom. The number of piperazine rings is 1. The van der Waals surface area contributed by atoms with E-state index in [1.807, 2.05) is 0 Å². The third-order valence-electron chi connectivity index (χ3n) is 7.23. The topological polar surface area (TPSA) is 122 Å². The molecule has 2 amide bonds. The summed E-state index contributed by atoms with van der Waals surface area (Å²) in [6.45, 7) is 4.33. The lowest BCUT2D eigenvalue weighted by Crippen LogP contribution is -2.58. The molecule has 4 N–H and O–H groups in total. The molecule has 10 heteroatoms. The molecule has 8 nitrogen and oxygen atoms in total. The van der Waals surface area contributed by atoms with Gasteiger partial charge >= 0.3 is 0 Å². The number of fused-ring (bicyclic) bond motifs is 1. The van der Waals surface area contributed by atoms with Crippen LogP contribution in [0.15, 0.2) is 35.2 Å². The fraction of sp³-hybridized carbons (Fsp3) is 0.481. The molecule has 2 aromatic rings. The number of benzene rings is 2. The third kappa shape index (κ3) is 6.00. The van der Waals surface area contributed by atoms with Gasteiger partial charge in [0.1, 0.15) is 6.04 Å². The van der Waals surface area contributed by atoms with Crippen LogP contribution in [0.4, 0.5) is 0 Å². The van der Waals surface area contributed by atoms with Crippen molar-refractivity contribution in [3.05, 3.63) is 63.2 Å². The second-order valence-corrected chi connectivity index (χ2v) is 12.2. The van der Waals surface area contributed by atoms with Gasteiger partial charge in [-0.3, -0.25) is 9.59 Å². The molecule has 0 unspecified atom stereocenters. The quantitative estimate of drug-likeness (QED) is 0.470. The first-order valence-electron chi connectivity index (χ1n) is 12.8. The standard InChI is InChI=1S/C27H35ClN4O4S/c1-17-14-25(18(2)13-22(17)28)37(35,36)32-12-11-30-27(34)24(32)16-26(33)31-23-7-3-6-20-15-19(5-4-10-29)8-9-21(20)23/h8-9,13-15,23-24H,3-7,10-12,16,29H2,1-2H3,(H,30,34)(H,31,33)/t23-,24-/m1/s1. The van der Waals surface area contributed by atoms with Crippen molar-refractivity contribution in [2.75, 3.05) is 19.6 Å². The Morgan fingerprint density at radius 2 is 2.00 bits per heavy atom. The van der Waals surface area contributed by atoms with Crippen molar-refractivity contribution in [1.82, 2.24) is 14.9 Å². The van der Waals surface area contributed by atoms with Crippen LogP contribution >= 0.6 is 11.6 Å². The Bertz CT molecular complexity index is 1300. The largest absolute Gasteiger partial charge is 0.353 e. The molecule has 2 aliphatic rings. The normalized spacial score (nSPS) is 20.3. The number of carbonyl (C=O) groups is 2. The zero-order valence-corrected chi connectivity index (χ0v) is 22.9. The lowest BCUT2D eigenvalue weighted by atomic mass is 9.86. The maximum atomic E-state index is 13.6. The summed E-state index contributed by atoms with van der Waals surface area (Å²) in [5, 5.41) is 6.26. The molecule has 0 saturated carbocycles. The van der Waals surface area contributed by atoms with E-state index >= 15 is 0 Å². The van der Waals surface area contributed by atoms with Gasteiger partial charge < -0.3 is 16.4 Å². The number of halogens is 1. The lowest BCUT2D eigenvalue weighted by Gasteiger charge is -2.34. The first-order chi connectivity index (χ1) is 17.6. The van der Waals surface area contributed by atoms with E-state index in [1.54, 1.807) is 19.9 Å². The molecular formula is C27H35ClN4O4S. The van der Waals surface area contributed by atoms with Crippen LogP contribution in [0.2, 0.25) is 5.02 Å². The van der Waals surface area contributed by atoms with Crippen LogP contribution in [0.3, 0.4) is 0 Å². The average Bonchev–Trinajstić information content (AvgIpc) is 2.86. The molecule has 1 saturated heterocycles. The molecule has 2 aromatic carbocycles. The molecule has 2 atom stereocenters. The monoisotopic (exact) mass is 546 g/mol. The number of rotatable bonds is 8. The molecule has 0 aromatic heterocycles. The summed E-state index contributed by atoms with van der Waals surface area (Å²) >= 11 is 6.17. The van der Waals surface area contributed by atoms with E-state index in [4.69, 9.17) is 17.3 Å². The van der Waals surface area contributed by atoms with Crippen molar-refractivity contribution >= 4 is 33.4 Å². The molecule has 37 heavy (non-hydrogen) atoms. The second kappa shape index (κ2) is 11.5. The molecule has 0 bridgehead atoms. The van der Waals surface area contributed by atoms with Gasteiger partial charge in [0.25, 0.3) is 0 Å². The van der Waals surface area contributed by atoms with Crippen LogP contribution in [0, 0.1) is 13.8 Å². The van der Waals surface area contributed by atoms with Gasteiger partial charge in [-0.05, 0) is 92.4 Å². The lowest BCUT2D eigenvalue weighted by molar-refractivity contribution is -0.132. The van der Waals surface area contributed by atoms with Crippen LogP contribution in [0.25, 0.3) is 0 Å². The van der Waals surface area contributed by atoms with Gasteiger partial charge in [-0.25, -0.2) is 8.42 Å². The third-order valence-corrected chi connectivity index (χ3v) is 9.69. The van der Waals surface area contributed by atoms with E-state index in [9.17, 15) is 18.0 Å².